The molecule has 172 valence electrons. The minimum atomic E-state index is -0.284. The molecule has 7 N–H and O–H groups in total. The van der Waals surface area contributed by atoms with Crippen LogP contribution in [0.5, 0.6) is 5.75 Å². The molecule has 0 aliphatic carbocycles. The molecular formula is C24H32N4O4. The molecule has 0 spiro atoms. The second-order valence-electron chi connectivity index (χ2n) is 7.45. The van der Waals surface area contributed by atoms with Gasteiger partial charge in [0, 0.05) is 24.4 Å². The first-order chi connectivity index (χ1) is 15.2. The number of ether oxygens (including phenoxy) is 2. The van der Waals surface area contributed by atoms with Crippen molar-refractivity contribution in [2.75, 3.05) is 26.8 Å². The van der Waals surface area contributed by atoms with Gasteiger partial charge >= 0.3 is 5.97 Å². The van der Waals surface area contributed by atoms with E-state index in [-0.39, 0.29) is 23.6 Å². The van der Waals surface area contributed by atoms with E-state index in [1.807, 2.05) is 36.9 Å². The number of nitrogens with zero attached hydrogens (tertiary/aromatic N) is 1. The number of hydrogen-bond donors (Lipinski definition) is 4. The summed E-state index contributed by atoms with van der Waals surface area (Å²) >= 11 is 0. The van der Waals surface area contributed by atoms with Crippen LogP contribution in [0.3, 0.4) is 0 Å². The number of allylic oxidation sites excluding steroid dienone is 1. The lowest BCUT2D eigenvalue weighted by molar-refractivity contribution is -0.00485. The van der Waals surface area contributed by atoms with Gasteiger partial charge in [-0.15, -0.1) is 0 Å². The Hall–Kier alpha value is -3.65. The lowest BCUT2D eigenvalue weighted by atomic mass is 10.1. The van der Waals surface area contributed by atoms with Crippen LogP contribution in [0.15, 0.2) is 66.1 Å². The molecule has 1 heterocycles. The van der Waals surface area contributed by atoms with E-state index in [2.05, 4.69) is 4.74 Å². The summed E-state index contributed by atoms with van der Waals surface area (Å²) < 4.78 is 10.1. The summed E-state index contributed by atoms with van der Waals surface area (Å²) in [6, 6.07) is 14.2. The summed E-state index contributed by atoms with van der Waals surface area (Å²) in [5, 5.41) is 9.85. The highest BCUT2D eigenvalue weighted by Gasteiger charge is 2.20. The van der Waals surface area contributed by atoms with Crippen molar-refractivity contribution in [1.82, 2.24) is 4.90 Å². The smallest absolute Gasteiger partial charge is 0.337 e. The number of nitrogens with two attached hydrogens (primary N) is 3. The lowest BCUT2D eigenvalue weighted by Gasteiger charge is -2.34. The molecule has 3 rings (SSSR count). The molecule has 1 atom stereocenters. The van der Waals surface area contributed by atoms with Crippen molar-refractivity contribution in [3.05, 3.63) is 82.8 Å². The van der Waals surface area contributed by atoms with Crippen LogP contribution in [0.2, 0.25) is 0 Å². The van der Waals surface area contributed by atoms with Crippen molar-refractivity contribution in [1.29, 1.82) is 0 Å². The van der Waals surface area contributed by atoms with E-state index in [9.17, 15) is 9.90 Å². The third-order valence-corrected chi connectivity index (χ3v) is 4.82. The molecule has 0 bridgehead atoms. The van der Waals surface area contributed by atoms with Gasteiger partial charge in [-0.2, -0.15) is 0 Å². The van der Waals surface area contributed by atoms with Crippen molar-refractivity contribution < 1.29 is 19.4 Å². The molecule has 1 unspecified atom stereocenters. The molecule has 32 heavy (non-hydrogen) atoms. The standard InChI is InChI=1S/C15H22N4O2.C9H10O2/c1-10-9-19(6-7-21-10)13(15(17)18)8-12(16)11-4-2-3-5-14(11)20;1-7-4-3-5-8(6-7)9(10)11-2/h2-5,8,10,20H,6-7,9,16-18H2,1H3;3-6H,1-2H3/b12-8-;. The van der Waals surface area contributed by atoms with E-state index in [4.69, 9.17) is 21.9 Å². The molecule has 8 nitrogen and oxygen atoms in total. The lowest BCUT2D eigenvalue weighted by Crippen LogP contribution is -2.41. The van der Waals surface area contributed by atoms with E-state index in [0.717, 1.165) is 5.56 Å². The predicted molar refractivity (Wildman–Crippen MR) is 125 cm³/mol. The number of aromatic hydroxyl groups is 1. The van der Waals surface area contributed by atoms with E-state index in [0.29, 0.717) is 42.2 Å². The fourth-order valence-electron chi connectivity index (χ4n) is 3.23. The molecule has 2 aromatic carbocycles. The zero-order valence-corrected chi connectivity index (χ0v) is 18.7. The Balaban J connectivity index is 0.000000278. The van der Waals surface area contributed by atoms with Crippen LogP contribution >= 0.6 is 0 Å². The fourth-order valence-corrected chi connectivity index (χ4v) is 3.23. The van der Waals surface area contributed by atoms with Gasteiger partial charge < -0.3 is 36.7 Å². The summed E-state index contributed by atoms with van der Waals surface area (Å²) in [4.78, 5) is 13.0. The zero-order chi connectivity index (χ0) is 23.7. The third kappa shape index (κ3) is 6.95. The first kappa shape index (κ1) is 24.6. The highest BCUT2D eigenvalue weighted by atomic mass is 16.5. The second-order valence-corrected chi connectivity index (χ2v) is 7.45. The Labute approximate surface area is 188 Å². The van der Waals surface area contributed by atoms with Gasteiger partial charge in [-0.25, -0.2) is 4.79 Å². The number of phenolic OH excluding ortho intramolecular Hbond substituents is 1. The monoisotopic (exact) mass is 440 g/mol. The van der Waals surface area contributed by atoms with E-state index in [1.165, 1.54) is 7.11 Å². The maximum absolute atomic E-state index is 10.9. The van der Waals surface area contributed by atoms with E-state index >= 15 is 0 Å². The number of esters is 1. The van der Waals surface area contributed by atoms with Crippen molar-refractivity contribution >= 4 is 11.7 Å². The summed E-state index contributed by atoms with van der Waals surface area (Å²) in [5.74, 6) is 0.0349. The SMILES string of the molecule is CC1CN(C(/C=C(\N)c2ccccc2O)=C(N)N)CCO1.COC(=O)c1cccc(C)c1. The quantitative estimate of drug-likeness (QED) is 0.420. The van der Waals surface area contributed by atoms with Gasteiger partial charge in [0.05, 0.1) is 31.1 Å². The Kier molecular flexibility index (Phi) is 8.97. The zero-order valence-electron chi connectivity index (χ0n) is 18.7. The van der Waals surface area contributed by atoms with E-state index < -0.39 is 0 Å². The highest BCUT2D eigenvalue weighted by Crippen LogP contribution is 2.23. The van der Waals surface area contributed by atoms with Gasteiger partial charge in [-0.1, -0.05) is 29.8 Å². The molecular weight excluding hydrogens is 408 g/mol. The van der Waals surface area contributed by atoms with Crippen molar-refractivity contribution in [2.24, 2.45) is 17.2 Å². The number of morpholine rings is 1. The summed E-state index contributed by atoms with van der Waals surface area (Å²) in [6.45, 7) is 5.93. The number of para-hydroxylation sites is 1. The molecule has 1 aliphatic rings. The molecule has 0 radical (unpaired) electrons. The summed E-state index contributed by atoms with van der Waals surface area (Å²) in [6.07, 6.45) is 1.80. The largest absolute Gasteiger partial charge is 0.507 e. The topological polar surface area (TPSA) is 137 Å². The maximum Gasteiger partial charge on any atom is 0.337 e. The number of methoxy groups -OCH3 is 1. The van der Waals surface area contributed by atoms with Crippen LogP contribution in [0.25, 0.3) is 5.70 Å². The second kappa shape index (κ2) is 11.7. The van der Waals surface area contributed by atoms with Crippen molar-refractivity contribution in [3.8, 4) is 5.75 Å². The summed E-state index contributed by atoms with van der Waals surface area (Å²) in [7, 11) is 1.38. The van der Waals surface area contributed by atoms with Crippen molar-refractivity contribution in [3.63, 3.8) is 0 Å². The summed E-state index contributed by atoms with van der Waals surface area (Å²) in [5.41, 5.74) is 20.9. The molecule has 2 aromatic rings. The molecule has 1 aliphatic heterocycles. The van der Waals surface area contributed by atoms with Crippen LogP contribution in [0.4, 0.5) is 0 Å². The first-order valence-corrected chi connectivity index (χ1v) is 10.2. The minimum Gasteiger partial charge on any atom is -0.507 e. The number of carbonyl (C=O) groups excluding carboxylic acids is 1. The number of hydrogen-bond acceptors (Lipinski definition) is 8. The van der Waals surface area contributed by atoms with Gasteiger partial charge in [-0.3, -0.25) is 0 Å². The van der Waals surface area contributed by atoms with Gasteiger partial charge in [0.25, 0.3) is 0 Å². The number of benzene rings is 2. The number of carbonyl (C=O) groups is 1. The highest BCUT2D eigenvalue weighted by molar-refractivity contribution is 5.89. The first-order valence-electron chi connectivity index (χ1n) is 10.2. The predicted octanol–water partition coefficient (Wildman–Crippen LogP) is 2.28. The minimum absolute atomic E-state index is 0.104. The van der Waals surface area contributed by atoms with Crippen LogP contribution < -0.4 is 17.2 Å². The normalized spacial score (nSPS) is 15.9. The van der Waals surface area contributed by atoms with Gasteiger partial charge in [0.15, 0.2) is 0 Å². The van der Waals surface area contributed by atoms with Gasteiger partial charge in [0.1, 0.15) is 11.6 Å². The van der Waals surface area contributed by atoms with Crippen LogP contribution in [-0.2, 0) is 9.47 Å². The number of phenols is 1. The van der Waals surface area contributed by atoms with Crippen LogP contribution in [0.1, 0.15) is 28.4 Å². The Morgan fingerprint density at radius 2 is 1.91 bits per heavy atom. The fraction of sp³-hybridized carbons (Fsp3) is 0.292. The Bertz CT molecular complexity index is 983. The molecule has 8 heteroatoms. The molecule has 1 fully saturated rings. The average molecular weight is 441 g/mol. The third-order valence-electron chi connectivity index (χ3n) is 4.82. The molecule has 1 saturated heterocycles. The molecule has 0 aromatic heterocycles. The Morgan fingerprint density at radius 1 is 1.19 bits per heavy atom. The average Bonchev–Trinajstić information content (AvgIpc) is 2.77. The van der Waals surface area contributed by atoms with Gasteiger partial charge in [0.2, 0.25) is 0 Å². The van der Waals surface area contributed by atoms with Gasteiger partial charge in [-0.05, 0) is 44.2 Å². The maximum atomic E-state index is 10.9. The number of aryl methyl sites for hydroxylation is 1. The van der Waals surface area contributed by atoms with Crippen molar-refractivity contribution in [2.45, 2.75) is 20.0 Å². The van der Waals surface area contributed by atoms with E-state index in [1.54, 1.807) is 36.4 Å². The number of rotatable bonds is 4. The Morgan fingerprint density at radius 3 is 2.50 bits per heavy atom. The molecule has 0 amide bonds. The van der Waals surface area contributed by atoms with Crippen LogP contribution in [0, 0.1) is 6.92 Å². The molecule has 0 saturated carbocycles. The van der Waals surface area contributed by atoms with Crippen LogP contribution in [-0.4, -0.2) is 48.9 Å².